The van der Waals surface area contributed by atoms with E-state index in [1.165, 1.54) is 56.4 Å². The van der Waals surface area contributed by atoms with Crippen LogP contribution in [0.2, 0.25) is 0 Å². The van der Waals surface area contributed by atoms with E-state index in [1.807, 2.05) is 0 Å². The second-order valence-corrected chi connectivity index (χ2v) is 23.1. The van der Waals surface area contributed by atoms with E-state index < -0.39 is 69.7 Å². The topological polar surface area (TPSA) is 266 Å². The predicted molar refractivity (Wildman–Crippen MR) is 314 cm³/mol. The van der Waals surface area contributed by atoms with E-state index in [4.69, 9.17) is 9.47 Å². The van der Waals surface area contributed by atoms with Crippen molar-refractivity contribution in [2.75, 3.05) is 13.7 Å². The molecule has 432 valence electrons. The van der Waals surface area contributed by atoms with Gasteiger partial charge in [0.15, 0.2) is 0 Å². The Balaban J connectivity index is 0.000000376. The monoisotopic (exact) mass is 1140 g/mol. The number of esters is 1. The van der Waals surface area contributed by atoms with Gasteiger partial charge in [-0.2, -0.15) is 0 Å². The van der Waals surface area contributed by atoms with Gasteiger partial charge < -0.3 is 50.3 Å². The van der Waals surface area contributed by atoms with Gasteiger partial charge in [0.05, 0.1) is 0 Å². The van der Waals surface area contributed by atoms with Crippen LogP contribution < -0.4 is 0 Å². The SMILES string of the molecule is COCC(=O)OC1(C)C2CC3CC(C2)CC1C3.O=Cc1ccc(C2c3cc(c(O)cc3O)C(c3ccc(C=O)cc3)c3cc(c(O)cc3O)C(c3ccc(C=O)cc3)c3cc(c(O)cc3O)C(c3ccc(C=O)cc3)c3cc2c(O)cc3O)cc1. The minimum Gasteiger partial charge on any atom is -0.507 e. The van der Waals surface area contributed by atoms with E-state index in [1.54, 1.807) is 104 Å². The number of hydrogen-bond donors (Lipinski definition) is 8. The average molecular weight is 1140 g/mol. The Morgan fingerprint density at radius 3 is 0.812 bits per heavy atom. The molecule has 0 amide bonds. The first kappa shape index (κ1) is 57.1. The lowest BCUT2D eigenvalue weighted by molar-refractivity contribution is -0.206. The number of aldehydes is 4. The summed E-state index contributed by atoms with van der Waals surface area (Å²) in [4.78, 5) is 59.1. The Bertz CT molecular complexity index is 3310. The van der Waals surface area contributed by atoms with Crippen LogP contribution in [0.25, 0.3) is 0 Å². The van der Waals surface area contributed by atoms with Crippen molar-refractivity contribution < 1.29 is 74.3 Å². The van der Waals surface area contributed by atoms with E-state index in [2.05, 4.69) is 6.92 Å². The third-order valence-electron chi connectivity index (χ3n) is 18.2. The van der Waals surface area contributed by atoms with Gasteiger partial charge in [0.1, 0.15) is 83.3 Å². The number of aromatic hydroxyl groups is 8. The van der Waals surface area contributed by atoms with E-state index in [0.717, 1.165) is 36.1 Å². The molecule has 0 aliphatic heterocycles. The van der Waals surface area contributed by atoms with Crippen molar-refractivity contribution in [3.8, 4) is 46.0 Å². The number of phenolic OH excluding ortho intramolecular Hbond substituents is 8. The average Bonchev–Trinajstić information content (AvgIpc) is 1.12. The van der Waals surface area contributed by atoms with Crippen LogP contribution in [0.15, 0.2) is 146 Å². The fraction of sp³-hybridized carbons (Fsp3) is 0.243. The van der Waals surface area contributed by atoms with Crippen molar-refractivity contribution >= 4 is 31.1 Å². The summed E-state index contributed by atoms with van der Waals surface area (Å²) < 4.78 is 10.7. The van der Waals surface area contributed by atoms with Crippen molar-refractivity contribution in [3.05, 3.63) is 235 Å². The highest BCUT2D eigenvalue weighted by atomic mass is 16.6. The quantitative estimate of drug-likeness (QED) is 0.0442. The summed E-state index contributed by atoms with van der Waals surface area (Å²) in [6.07, 6.45) is 9.10. The molecule has 0 unspecified atom stereocenters. The van der Waals surface area contributed by atoms with Gasteiger partial charge in [0.2, 0.25) is 0 Å². The number of ether oxygens (including phenoxy) is 2. The Morgan fingerprint density at radius 2 is 0.612 bits per heavy atom. The summed E-state index contributed by atoms with van der Waals surface area (Å²) in [6.45, 7) is 2.25. The van der Waals surface area contributed by atoms with Gasteiger partial charge in [-0.15, -0.1) is 0 Å². The van der Waals surface area contributed by atoms with E-state index in [0.29, 0.717) is 81.5 Å². The van der Waals surface area contributed by atoms with Crippen molar-refractivity contribution in [3.63, 3.8) is 0 Å². The van der Waals surface area contributed by atoms with E-state index in [9.17, 15) is 64.8 Å². The molecule has 5 aliphatic carbocycles. The normalized spacial score (nSPS) is 22.5. The van der Waals surface area contributed by atoms with Crippen LogP contribution in [-0.4, -0.2) is 91.3 Å². The maximum atomic E-state index is 12.0. The Kier molecular flexibility index (Phi) is 15.5. The van der Waals surface area contributed by atoms with Crippen LogP contribution in [0.3, 0.4) is 0 Å². The molecular formula is C70H62O15. The fourth-order valence-electron chi connectivity index (χ4n) is 14.2. The third-order valence-corrected chi connectivity index (χ3v) is 18.2. The van der Waals surface area contributed by atoms with Crippen molar-refractivity contribution in [1.82, 2.24) is 0 Å². The Hall–Kier alpha value is -9.73. The summed E-state index contributed by atoms with van der Waals surface area (Å²) in [6, 6.07) is 35.7. The van der Waals surface area contributed by atoms with E-state index >= 15 is 0 Å². The molecule has 5 aliphatic rings. The Morgan fingerprint density at radius 1 is 0.388 bits per heavy atom. The molecule has 0 aromatic heterocycles. The van der Waals surface area contributed by atoms with Gasteiger partial charge in [-0.05, 0) is 109 Å². The highest BCUT2D eigenvalue weighted by Gasteiger charge is 2.57. The zero-order valence-corrected chi connectivity index (χ0v) is 46.5. The molecule has 8 aromatic carbocycles. The summed E-state index contributed by atoms with van der Waals surface area (Å²) >= 11 is 0. The summed E-state index contributed by atoms with van der Waals surface area (Å²) in [5.74, 6) is -5.18. The first-order valence-electron chi connectivity index (χ1n) is 28.1. The van der Waals surface area contributed by atoms with Crippen molar-refractivity contribution in [1.29, 1.82) is 0 Å². The van der Waals surface area contributed by atoms with Crippen LogP contribution in [0.5, 0.6) is 46.0 Å². The second kappa shape index (κ2) is 23.1. The van der Waals surface area contributed by atoms with Crippen LogP contribution in [0.4, 0.5) is 0 Å². The van der Waals surface area contributed by atoms with Crippen LogP contribution in [0, 0.1) is 23.7 Å². The molecule has 0 atom stereocenters. The van der Waals surface area contributed by atoms with Gasteiger partial charge in [-0.25, -0.2) is 4.79 Å². The van der Waals surface area contributed by atoms with Crippen LogP contribution in [-0.2, 0) is 14.3 Å². The molecule has 4 fully saturated rings. The van der Waals surface area contributed by atoms with Gasteiger partial charge in [-0.3, -0.25) is 19.2 Å². The number of rotatable bonds is 11. The largest absolute Gasteiger partial charge is 0.507 e. The zero-order chi connectivity index (χ0) is 60.0. The smallest absolute Gasteiger partial charge is 0.332 e. The lowest BCUT2D eigenvalue weighted by atomic mass is 9.50. The van der Waals surface area contributed by atoms with E-state index in [-0.39, 0.29) is 62.7 Å². The maximum absolute atomic E-state index is 12.0. The molecule has 0 saturated heterocycles. The number of carbonyl (C=O) groups excluding carboxylic acids is 5. The third kappa shape index (κ3) is 10.7. The first-order valence-corrected chi connectivity index (χ1v) is 28.1. The molecule has 15 nitrogen and oxygen atoms in total. The van der Waals surface area contributed by atoms with Gasteiger partial charge in [0.25, 0.3) is 0 Å². The summed E-state index contributed by atoms with van der Waals surface area (Å²) in [5.41, 5.74) is 3.68. The molecule has 8 aromatic rings. The number of methoxy groups -OCH3 is 1. The lowest BCUT2D eigenvalue weighted by Gasteiger charge is -2.59. The van der Waals surface area contributed by atoms with Crippen LogP contribution >= 0.6 is 0 Å². The molecule has 85 heavy (non-hydrogen) atoms. The number of hydrogen-bond acceptors (Lipinski definition) is 15. The first-order chi connectivity index (χ1) is 40.9. The van der Waals surface area contributed by atoms with Crippen molar-refractivity contribution in [2.24, 2.45) is 23.7 Å². The molecular weight excluding hydrogens is 1080 g/mol. The minimum absolute atomic E-state index is 0.0852. The fourth-order valence-corrected chi connectivity index (χ4v) is 14.2. The summed E-state index contributed by atoms with van der Waals surface area (Å²) in [7, 11) is 1.54. The number of carbonyl (C=O) groups is 5. The number of benzene rings is 8. The van der Waals surface area contributed by atoms with Gasteiger partial charge in [0, 0.05) is 122 Å². The molecule has 8 N–H and O–H groups in total. The summed E-state index contributed by atoms with van der Waals surface area (Å²) in [5, 5.41) is 95.7. The molecule has 15 heteroatoms. The molecule has 0 radical (unpaired) electrons. The van der Waals surface area contributed by atoms with Crippen molar-refractivity contribution in [2.45, 2.75) is 68.3 Å². The molecule has 12 bridgehead atoms. The molecule has 0 heterocycles. The Labute approximate surface area is 489 Å². The van der Waals surface area contributed by atoms with Gasteiger partial charge in [-0.1, -0.05) is 97.1 Å². The predicted octanol–water partition coefficient (Wildman–Crippen LogP) is 12.0. The highest BCUT2D eigenvalue weighted by Crippen LogP contribution is 2.60. The zero-order valence-electron chi connectivity index (χ0n) is 46.5. The maximum Gasteiger partial charge on any atom is 0.332 e. The second-order valence-electron chi connectivity index (χ2n) is 23.1. The van der Waals surface area contributed by atoms with Crippen LogP contribution in [0.1, 0.15) is 171 Å². The van der Waals surface area contributed by atoms with Gasteiger partial charge >= 0.3 is 5.97 Å². The number of fused-ring (bicyclic) bond motifs is 8. The lowest BCUT2D eigenvalue weighted by Crippen LogP contribution is -2.58. The molecule has 4 saturated carbocycles. The highest BCUT2D eigenvalue weighted by molar-refractivity contribution is 5.78. The minimum atomic E-state index is -1.13. The molecule has 0 spiro atoms. The standard InChI is InChI=1S/C56H40O12.C14H22O3/c57-25-29-1-9-33(10-2-29)53-37-17-39(47(63)21-45(37)61)54(34-11-3-30(26-58)4-12-34)41-19-43(51(67)23-49(41)65)56(36-15-7-32(28-60)8-16-36)44-20-42(50(66)24-52(44)68)55(35-13-5-31(27-59)6-14-35)40-18-38(53)46(62)22-48(40)64;1-14(17-13(15)8-16-2)11-4-9-3-10(6-11)7-12(14)5-9/h1-28,53-56,61-68H;9-12H,3-8H2,1-2H3. The number of phenols is 8. The molecule has 13 rings (SSSR count).